The number of amides is 2. The predicted molar refractivity (Wildman–Crippen MR) is 85.4 cm³/mol. The summed E-state index contributed by atoms with van der Waals surface area (Å²) in [4.78, 5) is 23.4. The second-order valence-electron chi connectivity index (χ2n) is 5.48. The summed E-state index contributed by atoms with van der Waals surface area (Å²) in [6.07, 6.45) is 1.60. The first-order valence-electron chi connectivity index (χ1n) is 7.43. The maximum Gasteiger partial charge on any atom is 0.224 e. The lowest BCUT2D eigenvalue weighted by molar-refractivity contribution is -0.120. The minimum atomic E-state index is 0.00338. The fraction of sp³-hybridized carbons (Fsp3) is 0.222. The van der Waals surface area contributed by atoms with E-state index < -0.39 is 0 Å². The molecule has 112 valence electrons. The van der Waals surface area contributed by atoms with Gasteiger partial charge in [0.1, 0.15) is 0 Å². The van der Waals surface area contributed by atoms with Gasteiger partial charge in [0.2, 0.25) is 11.8 Å². The molecule has 0 spiro atoms. The number of aryl methyl sites for hydroxylation is 1. The van der Waals surface area contributed by atoms with E-state index >= 15 is 0 Å². The average molecular weight is 294 g/mol. The van der Waals surface area contributed by atoms with Crippen LogP contribution in [0.25, 0.3) is 0 Å². The number of fused-ring (bicyclic) bond motifs is 1. The van der Waals surface area contributed by atoms with Gasteiger partial charge in [-0.2, -0.15) is 0 Å². The van der Waals surface area contributed by atoms with Crippen LogP contribution in [0.1, 0.15) is 23.1 Å². The van der Waals surface area contributed by atoms with E-state index in [9.17, 15) is 9.59 Å². The molecule has 0 bridgehead atoms. The van der Waals surface area contributed by atoms with Gasteiger partial charge in [0.25, 0.3) is 0 Å². The van der Waals surface area contributed by atoms with Crippen molar-refractivity contribution in [2.24, 2.45) is 0 Å². The summed E-state index contributed by atoms with van der Waals surface area (Å²) >= 11 is 0. The molecule has 0 aromatic heterocycles. The van der Waals surface area contributed by atoms with Crippen LogP contribution in [-0.2, 0) is 29.0 Å². The lowest BCUT2D eigenvalue weighted by atomic mass is 9.99. The Balaban J connectivity index is 1.59. The molecule has 0 saturated carbocycles. The third-order valence-corrected chi connectivity index (χ3v) is 3.76. The van der Waals surface area contributed by atoms with Gasteiger partial charge in [0.15, 0.2) is 0 Å². The van der Waals surface area contributed by atoms with Crippen molar-refractivity contribution in [3.05, 3.63) is 65.2 Å². The molecule has 0 aliphatic carbocycles. The van der Waals surface area contributed by atoms with Crippen LogP contribution in [0, 0.1) is 0 Å². The highest BCUT2D eigenvalue weighted by Crippen LogP contribution is 2.23. The highest BCUT2D eigenvalue weighted by atomic mass is 16.2. The molecule has 2 aromatic carbocycles. The molecule has 4 nitrogen and oxygen atoms in total. The number of carbonyl (C=O) groups excluding carboxylic acids is 2. The van der Waals surface area contributed by atoms with Crippen LogP contribution in [0.4, 0.5) is 5.69 Å². The van der Waals surface area contributed by atoms with Crippen LogP contribution in [0.15, 0.2) is 48.5 Å². The lowest BCUT2D eigenvalue weighted by Gasteiger charge is -2.17. The van der Waals surface area contributed by atoms with Crippen molar-refractivity contribution < 1.29 is 9.59 Å². The van der Waals surface area contributed by atoms with E-state index in [2.05, 4.69) is 10.6 Å². The number of anilines is 1. The number of carbonyl (C=O) groups is 2. The normalized spacial score (nSPS) is 13.2. The van der Waals surface area contributed by atoms with Crippen molar-refractivity contribution in [3.63, 3.8) is 0 Å². The molecule has 1 aliphatic rings. The molecule has 4 heteroatoms. The van der Waals surface area contributed by atoms with Crippen LogP contribution >= 0.6 is 0 Å². The summed E-state index contributed by atoms with van der Waals surface area (Å²) in [5, 5.41) is 5.77. The Labute approximate surface area is 129 Å². The standard InChI is InChI=1S/C18H18N2O2/c21-17-9-7-15-10-14(6-8-16(15)20-17)11-18(22)19-12-13-4-2-1-3-5-13/h1-6,8,10H,7,9,11-12H2,(H,19,22)(H,20,21). The number of hydrogen-bond acceptors (Lipinski definition) is 2. The van der Waals surface area contributed by atoms with Crippen LogP contribution in [0.5, 0.6) is 0 Å². The molecule has 0 saturated heterocycles. The number of nitrogens with one attached hydrogen (secondary N) is 2. The molecule has 2 amide bonds. The summed E-state index contributed by atoms with van der Waals surface area (Å²) in [5.41, 5.74) is 4.03. The Bertz CT molecular complexity index is 695. The molecular weight excluding hydrogens is 276 g/mol. The summed E-state index contributed by atoms with van der Waals surface area (Å²) in [6.45, 7) is 0.542. The quantitative estimate of drug-likeness (QED) is 0.910. The summed E-state index contributed by atoms with van der Waals surface area (Å²) in [6, 6.07) is 15.6. The maximum absolute atomic E-state index is 12.0. The van der Waals surface area contributed by atoms with E-state index in [1.807, 2.05) is 48.5 Å². The number of benzene rings is 2. The van der Waals surface area contributed by atoms with Crippen molar-refractivity contribution in [3.8, 4) is 0 Å². The number of rotatable bonds is 4. The zero-order valence-corrected chi connectivity index (χ0v) is 12.3. The molecule has 22 heavy (non-hydrogen) atoms. The number of hydrogen-bond donors (Lipinski definition) is 2. The first kappa shape index (κ1) is 14.3. The molecule has 1 heterocycles. The summed E-state index contributed by atoms with van der Waals surface area (Å²) in [7, 11) is 0. The smallest absolute Gasteiger partial charge is 0.224 e. The summed E-state index contributed by atoms with van der Waals surface area (Å²) < 4.78 is 0. The van der Waals surface area contributed by atoms with Crippen molar-refractivity contribution in [2.75, 3.05) is 5.32 Å². The third-order valence-electron chi connectivity index (χ3n) is 3.76. The minimum Gasteiger partial charge on any atom is -0.352 e. The van der Waals surface area contributed by atoms with Gasteiger partial charge in [-0.15, -0.1) is 0 Å². The average Bonchev–Trinajstić information content (AvgIpc) is 2.54. The van der Waals surface area contributed by atoms with Crippen LogP contribution in [0.2, 0.25) is 0 Å². The van der Waals surface area contributed by atoms with Crippen LogP contribution in [0.3, 0.4) is 0 Å². The fourth-order valence-corrected chi connectivity index (χ4v) is 2.59. The van der Waals surface area contributed by atoms with E-state index in [1.165, 1.54) is 0 Å². The van der Waals surface area contributed by atoms with Crippen LogP contribution < -0.4 is 10.6 Å². The Morgan fingerprint density at radius 3 is 2.68 bits per heavy atom. The van der Waals surface area contributed by atoms with Gasteiger partial charge >= 0.3 is 0 Å². The zero-order valence-electron chi connectivity index (χ0n) is 12.3. The molecule has 1 aliphatic heterocycles. The van der Waals surface area contributed by atoms with Gasteiger partial charge in [0, 0.05) is 18.7 Å². The van der Waals surface area contributed by atoms with Gasteiger partial charge < -0.3 is 10.6 Å². The first-order valence-corrected chi connectivity index (χ1v) is 7.43. The van der Waals surface area contributed by atoms with E-state index in [-0.39, 0.29) is 11.8 Å². The SMILES string of the molecule is O=C(Cc1ccc2c(c1)CCC(=O)N2)NCc1ccccc1. The van der Waals surface area contributed by atoms with Gasteiger partial charge in [-0.1, -0.05) is 42.5 Å². The highest BCUT2D eigenvalue weighted by molar-refractivity contribution is 5.94. The fourth-order valence-electron chi connectivity index (χ4n) is 2.59. The molecule has 3 rings (SSSR count). The monoisotopic (exact) mass is 294 g/mol. The van der Waals surface area contributed by atoms with Crippen molar-refractivity contribution >= 4 is 17.5 Å². The molecule has 0 unspecified atom stereocenters. The van der Waals surface area contributed by atoms with E-state index in [0.717, 1.165) is 28.8 Å². The first-order chi connectivity index (χ1) is 10.7. The van der Waals surface area contributed by atoms with Crippen molar-refractivity contribution in [1.29, 1.82) is 0 Å². The molecule has 2 aromatic rings. The lowest BCUT2D eigenvalue weighted by Crippen LogP contribution is -2.25. The Morgan fingerprint density at radius 1 is 1.05 bits per heavy atom. The van der Waals surface area contributed by atoms with Gasteiger partial charge in [-0.3, -0.25) is 9.59 Å². The van der Waals surface area contributed by atoms with Gasteiger partial charge in [0.05, 0.1) is 6.42 Å². The van der Waals surface area contributed by atoms with E-state index in [4.69, 9.17) is 0 Å². The van der Waals surface area contributed by atoms with E-state index in [0.29, 0.717) is 19.4 Å². The highest BCUT2D eigenvalue weighted by Gasteiger charge is 2.15. The topological polar surface area (TPSA) is 58.2 Å². The molecule has 0 radical (unpaired) electrons. The second kappa shape index (κ2) is 6.43. The predicted octanol–water partition coefficient (Wildman–Crippen LogP) is 2.43. The molecular formula is C18H18N2O2. The second-order valence-corrected chi connectivity index (χ2v) is 5.48. The Hall–Kier alpha value is -2.62. The molecule has 0 fully saturated rings. The van der Waals surface area contributed by atoms with Crippen molar-refractivity contribution in [2.45, 2.75) is 25.8 Å². The van der Waals surface area contributed by atoms with Gasteiger partial charge in [-0.05, 0) is 29.2 Å². The van der Waals surface area contributed by atoms with Crippen molar-refractivity contribution in [1.82, 2.24) is 5.32 Å². The molecule has 0 atom stereocenters. The third kappa shape index (κ3) is 3.52. The minimum absolute atomic E-state index is 0.00338. The summed E-state index contributed by atoms with van der Waals surface area (Å²) in [5.74, 6) is 0.0597. The molecule has 2 N–H and O–H groups in total. The maximum atomic E-state index is 12.0. The van der Waals surface area contributed by atoms with Gasteiger partial charge in [-0.25, -0.2) is 0 Å². The Morgan fingerprint density at radius 2 is 1.86 bits per heavy atom. The zero-order chi connectivity index (χ0) is 15.4. The van der Waals surface area contributed by atoms with Crippen LogP contribution in [-0.4, -0.2) is 11.8 Å². The largest absolute Gasteiger partial charge is 0.352 e. The van der Waals surface area contributed by atoms with E-state index in [1.54, 1.807) is 0 Å². The Kier molecular flexibility index (Phi) is 4.19.